The van der Waals surface area contributed by atoms with Crippen LogP contribution in [0.1, 0.15) is 27.7 Å². The van der Waals surface area contributed by atoms with E-state index in [2.05, 4.69) is 49.0 Å². The van der Waals surface area contributed by atoms with Crippen molar-refractivity contribution in [3.63, 3.8) is 0 Å². The van der Waals surface area contributed by atoms with E-state index in [1.54, 1.807) is 0 Å². The SMILES string of the molecule is CCNC.CCNC.CCNC.CCNC.[Ti]. The van der Waals surface area contributed by atoms with Gasteiger partial charge in [-0.05, 0) is 54.4 Å². The van der Waals surface area contributed by atoms with Crippen LogP contribution in [-0.4, -0.2) is 54.4 Å². The van der Waals surface area contributed by atoms with Crippen molar-refractivity contribution in [2.45, 2.75) is 27.7 Å². The molecule has 0 aromatic rings. The van der Waals surface area contributed by atoms with Gasteiger partial charge in [-0.15, -0.1) is 0 Å². The predicted octanol–water partition coefficient (Wildman–Crippen LogP) is 0.900. The van der Waals surface area contributed by atoms with Gasteiger partial charge in [-0.3, -0.25) is 0 Å². The van der Waals surface area contributed by atoms with Gasteiger partial charge in [0.2, 0.25) is 0 Å². The molecule has 0 aliphatic carbocycles. The first-order chi connectivity index (χ1) is 7.66. The second-order valence-electron chi connectivity index (χ2n) is 2.83. The Kier molecular flexibility index (Phi) is 98.3. The Hall–Kier alpha value is 0.554. The summed E-state index contributed by atoms with van der Waals surface area (Å²) in [5, 5.41) is 11.7. The van der Waals surface area contributed by atoms with Crippen molar-refractivity contribution >= 4 is 0 Å². The molecule has 0 saturated carbocycles. The van der Waals surface area contributed by atoms with E-state index in [-0.39, 0.29) is 21.7 Å². The maximum Gasteiger partial charge on any atom is 0 e. The minimum absolute atomic E-state index is 0. The second-order valence-corrected chi connectivity index (χ2v) is 2.83. The molecule has 0 aliphatic rings. The number of hydrogen-bond acceptors (Lipinski definition) is 4. The normalized spacial score (nSPS) is 7.06. The fourth-order valence-electron chi connectivity index (χ4n) is 0. The van der Waals surface area contributed by atoms with E-state index < -0.39 is 0 Å². The number of rotatable bonds is 4. The molecule has 0 atom stereocenters. The van der Waals surface area contributed by atoms with E-state index in [1.807, 2.05) is 28.2 Å². The molecule has 0 heterocycles. The average molecular weight is 284 g/mol. The first-order valence-corrected chi connectivity index (χ1v) is 6.24. The third-order valence-corrected chi connectivity index (χ3v) is 1.41. The average Bonchev–Trinajstić information content (AvgIpc) is 2.39. The Balaban J connectivity index is -0.0000000369. The van der Waals surface area contributed by atoms with Crippen molar-refractivity contribution in [1.82, 2.24) is 21.3 Å². The van der Waals surface area contributed by atoms with E-state index in [0.717, 1.165) is 26.2 Å². The molecule has 0 saturated heterocycles. The van der Waals surface area contributed by atoms with Gasteiger partial charge in [-0.25, -0.2) is 0 Å². The van der Waals surface area contributed by atoms with Crippen LogP contribution >= 0.6 is 0 Å². The van der Waals surface area contributed by atoms with Crippen molar-refractivity contribution in [2.75, 3.05) is 54.4 Å². The van der Waals surface area contributed by atoms with Crippen LogP contribution in [0.15, 0.2) is 0 Å². The van der Waals surface area contributed by atoms with Gasteiger partial charge in [0, 0.05) is 21.7 Å². The monoisotopic (exact) mass is 284 g/mol. The molecule has 0 amide bonds. The fourth-order valence-corrected chi connectivity index (χ4v) is 0. The van der Waals surface area contributed by atoms with Crippen LogP contribution < -0.4 is 21.3 Å². The summed E-state index contributed by atoms with van der Waals surface area (Å²) in [6, 6.07) is 0. The van der Waals surface area contributed by atoms with Crippen LogP contribution in [0.3, 0.4) is 0 Å². The van der Waals surface area contributed by atoms with Crippen molar-refractivity contribution < 1.29 is 21.7 Å². The summed E-state index contributed by atoms with van der Waals surface area (Å²) in [5.74, 6) is 0. The number of nitrogens with one attached hydrogen (secondary N) is 4. The van der Waals surface area contributed by atoms with Gasteiger partial charge in [0.15, 0.2) is 0 Å². The summed E-state index contributed by atoms with van der Waals surface area (Å²) in [5.41, 5.74) is 0. The first kappa shape index (κ1) is 30.5. The molecule has 0 unspecified atom stereocenters. The minimum atomic E-state index is 0. The Morgan fingerprint density at radius 2 is 0.529 bits per heavy atom. The summed E-state index contributed by atoms with van der Waals surface area (Å²) in [7, 11) is 7.72. The molecule has 0 radical (unpaired) electrons. The van der Waals surface area contributed by atoms with Crippen LogP contribution in [0.4, 0.5) is 0 Å². The molecule has 4 N–H and O–H groups in total. The van der Waals surface area contributed by atoms with Crippen molar-refractivity contribution in [1.29, 1.82) is 0 Å². The largest absolute Gasteiger partial charge is 0.320 e. The number of hydrogen-bond donors (Lipinski definition) is 4. The zero-order valence-electron chi connectivity index (χ0n) is 13.3. The van der Waals surface area contributed by atoms with Crippen LogP contribution in [-0.2, 0) is 21.7 Å². The third-order valence-electron chi connectivity index (χ3n) is 1.41. The van der Waals surface area contributed by atoms with Gasteiger partial charge in [-0.2, -0.15) is 0 Å². The van der Waals surface area contributed by atoms with Gasteiger partial charge in [0.25, 0.3) is 0 Å². The van der Waals surface area contributed by atoms with E-state index in [9.17, 15) is 0 Å². The summed E-state index contributed by atoms with van der Waals surface area (Å²) in [6.07, 6.45) is 0. The molecule has 108 valence electrons. The van der Waals surface area contributed by atoms with Crippen LogP contribution in [0, 0.1) is 0 Å². The topological polar surface area (TPSA) is 48.1 Å². The Labute approximate surface area is 125 Å². The van der Waals surface area contributed by atoms with Crippen LogP contribution in [0.25, 0.3) is 0 Å². The maximum absolute atomic E-state index is 2.93. The molecule has 4 nitrogen and oxygen atoms in total. The second kappa shape index (κ2) is 54.7. The summed E-state index contributed by atoms with van der Waals surface area (Å²) >= 11 is 0. The molecule has 0 aromatic carbocycles. The Bertz CT molecular complexity index is 42.5. The maximum atomic E-state index is 2.93. The van der Waals surface area contributed by atoms with E-state index in [1.165, 1.54) is 0 Å². The van der Waals surface area contributed by atoms with E-state index in [4.69, 9.17) is 0 Å². The minimum Gasteiger partial charge on any atom is -0.320 e. The molecule has 0 rings (SSSR count). The zero-order chi connectivity index (χ0) is 13.7. The quantitative estimate of drug-likeness (QED) is 0.579. The van der Waals surface area contributed by atoms with Crippen molar-refractivity contribution in [3.8, 4) is 0 Å². The first-order valence-electron chi connectivity index (χ1n) is 6.24. The summed E-state index contributed by atoms with van der Waals surface area (Å²) in [6.45, 7) is 12.6. The molecule has 0 aromatic heterocycles. The smallest absolute Gasteiger partial charge is 0 e. The van der Waals surface area contributed by atoms with Crippen LogP contribution in [0.5, 0.6) is 0 Å². The molecule has 0 fully saturated rings. The zero-order valence-corrected chi connectivity index (χ0v) is 14.9. The van der Waals surface area contributed by atoms with E-state index >= 15 is 0 Å². The predicted molar refractivity (Wildman–Crippen MR) is 78.4 cm³/mol. The van der Waals surface area contributed by atoms with Gasteiger partial charge < -0.3 is 21.3 Å². The molecule has 0 aliphatic heterocycles. The van der Waals surface area contributed by atoms with Gasteiger partial charge >= 0.3 is 0 Å². The van der Waals surface area contributed by atoms with Crippen molar-refractivity contribution in [3.05, 3.63) is 0 Å². The van der Waals surface area contributed by atoms with Gasteiger partial charge in [-0.1, -0.05) is 27.7 Å². The molecule has 5 heteroatoms. The Morgan fingerprint density at radius 1 is 0.471 bits per heavy atom. The molecule has 0 bridgehead atoms. The van der Waals surface area contributed by atoms with Gasteiger partial charge in [0.1, 0.15) is 0 Å². The summed E-state index contributed by atoms with van der Waals surface area (Å²) < 4.78 is 0. The molecular formula is C12H36N4Ti. The summed E-state index contributed by atoms with van der Waals surface area (Å²) in [4.78, 5) is 0. The standard InChI is InChI=1S/4C3H9N.Ti/c4*1-3-4-2;/h4*4H,3H2,1-2H3;. The fraction of sp³-hybridized carbons (Fsp3) is 1.00. The third kappa shape index (κ3) is 169. The molecule has 17 heavy (non-hydrogen) atoms. The van der Waals surface area contributed by atoms with Crippen LogP contribution in [0.2, 0.25) is 0 Å². The molecule has 0 spiro atoms. The Morgan fingerprint density at radius 3 is 0.529 bits per heavy atom. The van der Waals surface area contributed by atoms with E-state index in [0.29, 0.717) is 0 Å². The van der Waals surface area contributed by atoms with Crippen molar-refractivity contribution in [2.24, 2.45) is 0 Å². The van der Waals surface area contributed by atoms with Gasteiger partial charge in [0.05, 0.1) is 0 Å². The molecular weight excluding hydrogens is 248 g/mol.